The van der Waals surface area contributed by atoms with Crippen molar-refractivity contribution in [2.45, 2.75) is 54.1 Å². The summed E-state index contributed by atoms with van der Waals surface area (Å²) in [4.78, 5) is 20.2. The zero-order valence-electron chi connectivity index (χ0n) is 18.7. The van der Waals surface area contributed by atoms with Gasteiger partial charge in [0.1, 0.15) is 5.65 Å². The van der Waals surface area contributed by atoms with Crippen LogP contribution in [-0.4, -0.2) is 38.4 Å². The van der Waals surface area contributed by atoms with Gasteiger partial charge < -0.3 is 10.3 Å². The Balaban J connectivity index is 0.000000785. The van der Waals surface area contributed by atoms with Crippen molar-refractivity contribution in [1.82, 2.24) is 19.9 Å². The number of pyridine rings is 1. The molecule has 0 fully saturated rings. The Hall–Kier alpha value is -2.97. The summed E-state index contributed by atoms with van der Waals surface area (Å²) in [7, 11) is 0. The number of aliphatic imine (C=N–C) groups is 1. The predicted molar refractivity (Wildman–Crippen MR) is 120 cm³/mol. The number of aryl methyl sites for hydroxylation is 1. The lowest BCUT2D eigenvalue weighted by Gasteiger charge is -2.07. The highest BCUT2D eigenvalue weighted by molar-refractivity contribution is 5.93. The van der Waals surface area contributed by atoms with Crippen molar-refractivity contribution in [3.8, 4) is 11.1 Å². The zero-order valence-corrected chi connectivity index (χ0v) is 18.7. The van der Waals surface area contributed by atoms with Crippen LogP contribution in [0.2, 0.25) is 0 Å². The normalized spacial score (nSPS) is 11.3. The van der Waals surface area contributed by atoms with Crippen LogP contribution in [-0.2, 0) is 0 Å². The Kier molecular flexibility index (Phi) is 8.13. The van der Waals surface area contributed by atoms with Crippen LogP contribution in [0, 0.1) is 12.8 Å². The van der Waals surface area contributed by atoms with E-state index in [4.69, 9.17) is 0 Å². The quantitative estimate of drug-likeness (QED) is 0.451. The number of fused-ring (bicyclic) bond motifs is 1. The van der Waals surface area contributed by atoms with Crippen LogP contribution >= 0.6 is 0 Å². The summed E-state index contributed by atoms with van der Waals surface area (Å²) >= 11 is 0. The topological polar surface area (TPSA) is 78.8 Å². The SMILES string of the molecule is CC(C)=Nc1ncc(-c2c[nH]c3nc(NCCC(F)(F)F)ncc23)cc1C.CC(C)C. The van der Waals surface area contributed by atoms with Crippen LogP contribution in [0.3, 0.4) is 0 Å². The molecule has 31 heavy (non-hydrogen) atoms. The molecule has 3 heterocycles. The maximum atomic E-state index is 12.2. The van der Waals surface area contributed by atoms with Gasteiger partial charge in [0, 0.05) is 47.4 Å². The number of aromatic nitrogens is 4. The van der Waals surface area contributed by atoms with Gasteiger partial charge in [-0.25, -0.2) is 15.0 Å². The van der Waals surface area contributed by atoms with Crippen molar-refractivity contribution in [3.63, 3.8) is 0 Å². The molecule has 0 bridgehead atoms. The molecule has 9 heteroatoms. The van der Waals surface area contributed by atoms with E-state index in [1.807, 2.05) is 26.8 Å². The summed E-state index contributed by atoms with van der Waals surface area (Å²) in [6, 6.07) is 1.98. The zero-order chi connectivity index (χ0) is 23.2. The minimum Gasteiger partial charge on any atom is -0.354 e. The van der Waals surface area contributed by atoms with Crippen LogP contribution < -0.4 is 5.32 Å². The summed E-state index contributed by atoms with van der Waals surface area (Å²) in [6.45, 7) is 12.0. The van der Waals surface area contributed by atoms with Crippen molar-refractivity contribution in [3.05, 3.63) is 30.2 Å². The standard InChI is InChI=1S/C18H19F3N6.C4H10/c1-10(2)26-15-11(3)6-12(7-23-15)13-8-24-16-14(13)9-25-17(27-16)22-5-4-18(19,20)21;1-4(2)3/h6-9H,4-5H2,1-3H3,(H2,22,24,25,27);4H,1-3H3. The first-order valence-corrected chi connectivity index (χ1v) is 10.1. The molecule has 168 valence electrons. The first kappa shape index (κ1) is 24.3. The second kappa shape index (κ2) is 10.4. The maximum Gasteiger partial charge on any atom is 0.390 e. The van der Waals surface area contributed by atoms with Gasteiger partial charge >= 0.3 is 6.18 Å². The average molecular weight is 435 g/mol. The summed E-state index contributed by atoms with van der Waals surface area (Å²) in [6.07, 6.45) is -0.0622. The van der Waals surface area contributed by atoms with Gasteiger partial charge in [-0.2, -0.15) is 18.2 Å². The van der Waals surface area contributed by atoms with E-state index in [1.54, 1.807) is 18.6 Å². The molecule has 0 amide bonds. The third-order valence-electron chi connectivity index (χ3n) is 3.81. The molecular formula is C22H29F3N6. The number of rotatable bonds is 5. The summed E-state index contributed by atoms with van der Waals surface area (Å²) in [5.41, 5.74) is 4.15. The summed E-state index contributed by atoms with van der Waals surface area (Å²) in [5, 5.41) is 3.35. The Morgan fingerprint density at radius 1 is 1.16 bits per heavy atom. The number of aromatic amines is 1. The molecule has 0 aliphatic heterocycles. The molecule has 0 radical (unpaired) electrons. The molecule has 0 atom stereocenters. The van der Waals surface area contributed by atoms with Gasteiger partial charge in [0.05, 0.1) is 6.42 Å². The van der Waals surface area contributed by atoms with E-state index in [0.717, 1.165) is 33.7 Å². The Bertz CT molecular complexity index is 1030. The van der Waals surface area contributed by atoms with E-state index < -0.39 is 12.6 Å². The van der Waals surface area contributed by atoms with Crippen molar-refractivity contribution in [2.75, 3.05) is 11.9 Å². The minimum absolute atomic E-state index is 0.151. The number of halogens is 3. The van der Waals surface area contributed by atoms with Crippen LogP contribution in [0.5, 0.6) is 0 Å². The van der Waals surface area contributed by atoms with E-state index in [1.165, 1.54) is 0 Å². The van der Waals surface area contributed by atoms with Gasteiger partial charge in [0.25, 0.3) is 0 Å². The van der Waals surface area contributed by atoms with Gasteiger partial charge in [0.15, 0.2) is 5.82 Å². The summed E-state index contributed by atoms with van der Waals surface area (Å²) in [5.74, 6) is 1.66. The average Bonchev–Trinajstić information content (AvgIpc) is 3.05. The van der Waals surface area contributed by atoms with Crippen LogP contribution in [0.4, 0.5) is 24.9 Å². The molecule has 0 saturated heterocycles. The molecule has 3 rings (SSSR count). The second-order valence-corrected chi connectivity index (χ2v) is 8.11. The summed E-state index contributed by atoms with van der Waals surface area (Å²) < 4.78 is 36.7. The van der Waals surface area contributed by atoms with Crippen molar-refractivity contribution >= 4 is 28.5 Å². The second-order valence-electron chi connectivity index (χ2n) is 8.11. The lowest BCUT2D eigenvalue weighted by molar-refractivity contribution is -0.131. The number of nitrogens with one attached hydrogen (secondary N) is 2. The molecule has 0 aliphatic carbocycles. The van der Waals surface area contributed by atoms with Crippen molar-refractivity contribution < 1.29 is 13.2 Å². The molecule has 3 aromatic rings. The van der Waals surface area contributed by atoms with Gasteiger partial charge in [-0.15, -0.1) is 0 Å². The molecule has 0 aromatic carbocycles. The van der Waals surface area contributed by atoms with Crippen LogP contribution in [0.25, 0.3) is 22.2 Å². The predicted octanol–water partition coefficient (Wildman–Crippen LogP) is 6.47. The van der Waals surface area contributed by atoms with E-state index >= 15 is 0 Å². The highest BCUT2D eigenvalue weighted by atomic mass is 19.4. The molecule has 0 saturated carbocycles. The van der Waals surface area contributed by atoms with E-state index in [2.05, 4.69) is 51.0 Å². The highest BCUT2D eigenvalue weighted by Gasteiger charge is 2.26. The van der Waals surface area contributed by atoms with Crippen LogP contribution in [0.15, 0.2) is 29.6 Å². The molecule has 0 aliphatic rings. The number of hydrogen-bond acceptors (Lipinski definition) is 5. The molecular weight excluding hydrogens is 405 g/mol. The fourth-order valence-electron chi connectivity index (χ4n) is 2.59. The number of anilines is 1. The van der Waals surface area contributed by atoms with Crippen molar-refractivity contribution in [2.24, 2.45) is 10.9 Å². The number of H-pyrrole nitrogens is 1. The molecule has 6 nitrogen and oxygen atoms in total. The smallest absolute Gasteiger partial charge is 0.354 e. The van der Waals surface area contributed by atoms with Gasteiger partial charge in [-0.1, -0.05) is 20.8 Å². The molecule has 0 unspecified atom stereocenters. The first-order valence-electron chi connectivity index (χ1n) is 10.1. The van der Waals surface area contributed by atoms with Crippen LogP contribution in [0.1, 0.15) is 46.6 Å². The number of nitrogens with zero attached hydrogens (tertiary/aromatic N) is 4. The lowest BCUT2D eigenvalue weighted by Crippen LogP contribution is -2.15. The third kappa shape index (κ3) is 7.66. The fourth-order valence-corrected chi connectivity index (χ4v) is 2.59. The lowest BCUT2D eigenvalue weighted by atomic mass is 10.1. The number of alkyl halides is 3. The largest absolute Gasteiger partial charge is 0.390 e. The third-order valence-corrected chi connectivity index (χ3v) is 3.81. The Morgan fingerprint density at radius 3 is 2.42 bits per heavy atom. The van der Waals surface area contributed by atoms with E-state index in [9.17, 15) is 13.2 Å². The maximum absolute atomic E-state index is 12.2. The first-order chi connectivity index (χ1) is 14.5. The molecule has 3 aromatic heterocycles. The van der Waals surface area contributed by atoms with Gasteiger partial charge in [-0.05, 0) is 38.3 Å². The minimum atomic E-state index is -4.21. The Labute approximate surface area is 180 Å². The van der Waals surface area contributed by atoms with E-state index in [-0.39, 0.29) is 12.5 Å². The van der Waals surface area contributed by atoms with Gasteiger partial charge in [0.2, 0.25) is 5.95 Å². The molecule has 0 spiro atoms. The van der Waals surface area contributed by atoms with E-state index in [0.29, 0.717) is 11.5 Å². The van der Waals surface area contributed by atoms with Crippen molar-refractivity contribution in [1.29, 1.82) is 0 Å². The highest BCUT2D eigenvalue weighted by Crippen LogP contribution is 2.30. The van der Waals surface area contributed by atoms with Gasteiger partial charge in [-0.3, -0.25) is 0 Å². The monoisotopic (exact) mass is 434 g/mol. The Morgan fingerprint density at radius 2 is 1.84 bits per heavy atom. The number of hydrogen-bond donors (Lipinski definition) is 2. The fraction of sp³-hybridized carbons (Fsp3) is 0.455. The molecule has 2 N–H and O–H groups in total.